The Morgan fingerprint density at radius 1 is 1.39 bits per heavy atom. The van der Waals surface area contributed by atoms with Crippen LogP contribution in [0.4, 0.5) is 11.6 Å². The highest BCUT2D eigenvalue weighted by Crippen LogP contribution is 2.19. The second-order valence-corrected chi connectivity index (χ2v) is 5.28. The monoisotopic (exact) mass is 248 g/mol. The predicted molar refractivity (Wildman–Crippen MR) is 77.1 cm³/mol. The SMILES string of the molecule is CNc1cccc(NCC2CCN(C(C)C)C2)n1. The zero-order valence-corrected chi connectivity index (χ0v) is 11.6. The molecule has 2 heterocycles. The summed E-state index contributed by atoms with van der Waals surface area (Å²) in [6.45, 7) is 8.00. The molecule has 1 aromatic rings. The van der Waals surface area contributed by atoms with Gasteiger partial charge < -0.3 is 15.5 Å². The predicted octanol–water partition coefficient (Wildman–Crippen LogP) is 2.27. The van der Waals surface area contributed by atoms with Crippen molar-refractivity contribution in [2.45, 2.75) is 26.3 Å². The van der Waals surface area contributed by atoms with Crippen LogP contribution in [0.15, 0.2) is 18.2 Å². The number of anilines is 2. The van der Waals surface area contributed by atoms with E-state index < -0.39 is 0 Å². The third kappa shape index (κ3) is 3.35. The largest absolute Gasteiger partial charge is 0.373 e. The first-order valence-corrected chi connectivity index (χ1v) is 6.81. The van der Waals surface area contributed by atoms with Gasteiger partial charge in [0.15, 0.2) is 0 Å². The second-order valence-electron chi connectivity index (χ2n) is 5.28. The van der Waals surface area contributed by atoms with Crippen molar-refractivity contribution in [3.05, 3.63) is 18.2 Å². The normalized spacial score (nSPS) is 20.3. The molecular formula is C14H24N4. The van der Waals surface area contributed by atoms with E-state index >= 15 is 0 Å². The standard InChI is InChI=1S/C14H24N4/c1-11(2)18-8-7-12(10-18)9-16-14-6-4-5-13(15-3)17-14/h4-6,11-12H,7-10H2,1-3H3,(H2,15,16,17). The summed E-state index contributed by atoms with van der Waals surface area (Å²) in [7, 11) is 1.89. The average Bonchev–Trinajstić information content (AvgIpc) is 2.85. The van der Waals surface area contributed by atoms with Crippen LogP contribution in [0.5, 0.6) is 0 Å². The molecule has 0 amide bonds. The number of nitrogens with zero attached hydrogens (tertiary/aromatic N) is 2. The molecule has 100 valence electrons. The van der Waals surface area contributed by atoms with E-state index in [9.17, 15) is 0 Å². The lowest BCUT2D eigenvalue weighted by molar-refractivity contribution is 0.266. The van der Waals surface area contributed by atoms with Crippen molar-refractivity contribution >= 4 is 11.6 Å². The summed E-state index contributed by atoms with van der Waals surface area (Å²) in [4.78, 5) is 7.02. The maximum absolute atomic E-state index is 4.47. The van der Waals surface area contributed by atoms with Gasteiger partial charge in [0.2, 0.25) is 0 Å². The summed E-state index contributed by atoms with van der Waals surface area (Å²) in [6.07, 6.45) is 1.29. The van der Waals surface area contributed by atoms with Gasteiger partial charge in [0.25, 0.3) is 0 Å². The van der Waals surface area contributed by atoms with Crippen molar-refractivity contribution in [2.24, 2.45) is 5.92 Å². The molecule has 18 heavy (non-hydrogen) atoms. The molecule has 0 bridgehead atoms. The lowest BCUT2D eigenvalue weighted by Gasteiger charge is -2.20. The molecule has 0 spiro atoms. The molecule has 2 rings (SSSR count). The molecule has 0 saturated carbocycles. The van der Waals surface area contributed by atoms with Gasteiger partial charge in [-0.05, 0) is 44.9 Å². The van der Waals surface area contributed by atoms with Crippen molar-refractivity contribution in [1.29, 1.82) is 0 Å². The number of aromatic nitrogens is 1. The first kappa shape index (κ1) is 13.1. The van der Waals surface area contributed by atoms with Gasteiger partial charge in [0.05, 0.1) is 0 Å². The Bertz CT molecular complexity index is 378. The van der Waals surface area contributed by atoms with Crippen LogP contribution in [-0.2, 0) is 0 Å². The Hall–Kier alpha value is -1.29. The fourth-order valence-corrected chi connectivity index (χ4v) is 2.42. The van der Waals surface area contributed by atoms with Gasteiger partial charge in [-0.15, -0.1) is 0 Å². The summed E-state index contributed by atoms with van der Waals surface area (Å²) >= 11 is 0. The van der Waals surface area contributed by atoms with Crippen molar-refractivity contribution in [2.75, 3.05) is 37.3 Å². The number of likely N-dealkylation sites (tertiary alicyclic amines) is 1. The number of hydrogen-bond acceptors (Lipinski definition) is 4. The number of rotatable bonds is 5. The van der Waals surface area contributed by atoms with Crippen LogP contribution in [0.1, 0.15) is 20.3 Å². The van der Waals surface area contributed by atoms with Gasteiger partial charge >= 0.3 is 0 Å². The molecule has 1 atom stereocenters. The molecule has 2 N–H and O–H groups in total. The van der Waals surface area contributed by atoms with E-state index in [1.807, 2.05) is 25.2 Å². The fraction of sp³-hybridized carbons (Fsp3) is 0.643. The molecule has 4 nitrogen and oxygen atoms in total. The molecule has 1 aromatic heterocycles. The Labute approximate surface area is 110 Å². The molecular weight excluding hydrogens is 224 g/mol. The van der Waals surface area contributed by atoms with E-state index in [0.717, 1.165) is 24.1 Å². The highest BCUT2D eigenvalue weighted by atomic mass is 15.2. The van der Waals surface area contributed by atoms with Crippen LogP contribution in [-0.4, -0.2) is 42.6 Å². The van der Waals surface area contributed by atoms with Crippen LogP contribution in [0, 0.1) is 5.92 Å². The van der Waals surface area contributed by atoms with E-state index in [1.165, 1.54) is 19.5 Å². The van der Waals surface area contributed by atoms with Crippen LogP contribution in [0.2, 0.25) is 0 Å². The summed E-state index contributed by atoms with van der Waals surface area (Å²) in [5.74, 6) is 2.62. The quantitative estimate of drug-likeness (QED) is 0.838. The minimum atomic E-state index is 0.667. The van der Waals surface area contributed by atoms with E-state index in [1.54, 1.807) is 0 Å². The Morgan fingerprint density at radius 3 is 2.83 bits per heavy atom. The number of nitrogens with one attached hydrogen (secondary N) is 2. The second kappa shape index (κ2) is 6.05. The first-order valence-electron chi connectivity index (χ1n) is 6.81. The van der Waals surface area contributed by atoms with E-state index in [0.29, 0.717) is 6.04 Å². The van der Waals surface area contributed by atoms with Gasteiger partial charge in [-0.2, -0.15) is 0 Å². The highest BCUT2D eigenvalue weighted by Gasteiger charge is 2.23. The van der Waals surface area contributed by atoms with E-state index in [-0.39, 0.29) is 0 Å². The van der Waals surface area contributed by atoms with Crippen LogP contribution < -0.4 is 10.6 Å². The zero-order chi connectivity index (χ0) is 13.0. The molecule has 1 aliphatic heterocycles. The van der Waals surface area contributed by atoms with Crippen molar-refractivity contribution < 1.29 is 0 Å². The van der Waals surface area contributed by atoms with Crippen molar-refractivity contribution in [3.63, 3.8) is 0 Å². The van der Waals surface area contributed by atoms with Gasteiger partial charge in [-0.1, -0.05) is 6.07 Å². The van der Waals surface area contributed by atoms with Crippen molar-refractivity contribution in [1.82, 2.24) is 9.88 Å². The summed E-state index contributed by atoms with van der Waals surface area (Å²) in [5, 5.41) is 6.50. The van der Waals surface area contributed by atoms with Crippen LogP contribution >= 0.6 is 0 Å². The minimum absolute atomic E-state index is 0.667. The number of pyridine rings is 1. The average molecular weight is 248 g/mol. The smallest absolute Gasteiger partial charge is 0.128 e. The Balaban J connectivity index is 1.81. The molecule has 4 heteroatoms. The lowest BCUT2D eigenvalue weighted by atomic mass is 10.1. The Morgan fingerprint density at radius 2 is 2.17 bits per heavy atom. The van der Waals surface area contributed by atoms with Crippen molar-refractivity contribution in [3.8, 4) is 0 Å². The van der Waals surface area contributed by atoms with E-state index in [2.05, 4.69) is 34.4 Å². The molecule has 0 radical (unpaired) electrons. The molecule has 1 aliphatic rings. The van der Waals surface area contributed by atoms with Crippen LogP contribution in [0.3, 0.4) is 0 Å². The van der Waals surface area contributed by atoms with Gasteiger partial charge in [-0.25, -0.2) is 4.98 Å². The highest BCUT2D eigenvalue weighted by molar-refractivity contribution is 5.44. The zero-order valence-electron chi connectivity index (χ0n) is 11.6. The molecule has 0 aromatic carbocycles. The third-order valence-corrected chi connectivity index (χ3v) is 3.62. The molecule has 1 saturated heterocycles. The summed E-state index contributed by atoms with van der Waals surface area (Å²) < 4.78 is 0. The molecule has 1 fully saturated rings. The van der Waals surface area contributed by atoms with Gasteiger partial charge in [0.1, 0.15) is 11.6 Å². The van der Waals surface area contributed by atoms with E-state index in [4.69, 9.17) is 0 Å². The third-order valence-electron chi connectivity index (χ3n) is 3.62. The van der Waals surface area contributed by atoms with Gasteiger partial charge in [-0.3, -0.25) is 0 Å². The Kier molecular flexibility index (Phi) is 4.42. The molecule has 1 unspecified atom stereocenters. The summed E-state index contributed by atoms with van der Waals surface area (Å²) in [6, 6.07) is 6.69. The lowest BCUT2D eigenvalue weighted by Crippen LogP contribution is -2.29. The minimum Gasteiger partial charge on any atom is -0.373 e. The number of hydrogen-bond donors (Lipinski definition) is 2. The fourth-order valence-electron chi connectivity index (χ4n) is 2.42. The summed E-state index contributed by atoms with van der Waals surface area (Å²) in [5.41, 5.74) is 0. The first-order chi connectivity index (χ1) is 8.69. The van der Waals surface area contributed by atoms with Gasteiger partial charge in [0, 0.05) is 26.2 Å². The van der Waals surface area contributed by atoms with Crippen LogP contribution in [0.25, 0.3) is 0 Å². The maximum atomic E-state index is 4.47. The topological polar surface area (TPSA) is 40.2 Å². The maximum Gasteiger partial charge on any atom is 0.128 e. The molecule has 0 aliphatic carbocycles.